The fraction of sp³-hybridized carbons (Fsp3) is 0.467. The largest absolute Gasteiger partial charge is 0.361 e. The van der Waals surface area contributed by atoms with Gasteiger partial charge in [-0.15, -0.1) is 0 Å². The fourth-order valence-corrected chi connectivity index (χ4v) is 2.41. The summed E-state index contributed by atoms with van der Waals surface area (Å²) in [4.78, 5) is 39.3. The van der Waals surface area contributed by atoms with Gasteiger partial charge in [0.15, 0.2) is 0 Å². The molecule has 124 valence electrons. The minimum Gasteiger partial charge on any atom is -0.361 e. The highest BCUT2D eigenvalue weighted by atomic mass is 16.5. The van der Waals surface area contributed by atoms with Crippen molar-refractivity contribution in [1.82, 2.24) is 20.4 Å². The first-order chi connectivity index (χ1) is 10.9. The van der Waals surface area contributed by atoms with Crippen molar-refractivity contribution < 1.29 is 9.32 Å². The van der Waals surface area contributed by atoms with Gasteiger partial charge in [-0.2, -0.15) is 0 Å². The number of nitrogens with one attached hydrogen (secondary N) is 3. The number of rotatable bonds is 6. The third-order valence-corrected chi connectivity index (χ3v) is 3.70. The van der Waals surface area contributed by atoms with Crippen molar-refractivity contribution in [3.05, 3.63) is 49.1 Å². The molecule has 23 heavy (non-hydrogen) atoms. The van der Waals surface area contributed by atoms with E-state index in [0.29, 0.717) is 12.2 Å². The summed E-state index contributed by atoms with van der Waals surface area (Å²) < 4.78 is 5.08. The van der Waals surface area contributed by atoms with Crippen LogP contribution in [0.5, 0.6) is 0 Å². The van der Waals surface area contributed by atoms with Crippen LogP contribution in [0.3, 0.4) is 0 Å². The molecule has 0 unspecified atom stereocenters. The second kappa shape index (κ2) is 7.08. The van der Waals surface area contributed by atoms with E-state index in [1.54, 1.807) is 6.92 Å². The van der Waals surface area contributed by atoms with Crippen molar-refractivity contribution in [3.8, 4) is 0 Å². The summed E-state index contributed by atoms with van der Waals surface area (Å²) in [6.07, 6.45) is 1.44. The number of aryl methyl sites for hydroxylation is 3. The van der Waals surface area contributed by atoms with Crippen molar-refractivity contribution in [3.63, 3.8) is 0 Å². The molecular formula is C15H20N4O4. The quantitative estimate of drug-likeness (QED) is 0.660. The molecule has 0 saturated carbocycles. The molecular weight excluding hydrogens is 300 g/mol. The Balaban J connectivity index is 1.84. The normalized spacial score (nSPS) is 10.7. The van der Waals surface area contributed by atoms with Crippen molar-refractivity contribution in [1.29, 1.82) is 0 Å². The lowest BCUT2D eigenvalue weighted by Crippen LogP contribution is -2.32. The highest BCUT2D eigenvalue weighted by Gasteiger charge is 2.12. The van der Waals surface area contributed by atoms with Gasteiger partial charge in [-0.3, -0.25) is 14.6 Å². The van der Waals surface area contributed by atoms with E-state index in [0.717, 1.165) is 29.9 Å². The summed E-state index contributed by atoms with van der Waals surface area (Å²) in [5, 5.41) is 6.65. The average molecular weight is 320 g/mol. The topological polar surface area (TPSA) is 121 Å². The van der Waals surface area contributed by atoms with Gasteiger partial charge in [0.1, 0.15) is 5.76 Å². The van der Waals surface area contributed by atoms with E-state index in [4.69, 9.17) is 4.52 Å². The van der Waals surface area contributed by atoms with Crippen molar-refractivity contribution in [2.75, 3.05) is 6.54 Å². The van der Waals surface area contributed by atoms with Crippen LogP contribution in [-0.2, 0) is 17.6 Å². The zero-order chi connectivity index (χ0) is 17.0. The lowest BCUT2D eigenvalue weighted by atomic mass is 10.1. The second-order valence-corrected chi connectivity index (χ2v) is 5.44. The maximum absolute atomic E-state index is 11.9. The maximum atomic E-state index is 11.9. The smallest absolute Gasteiger partial charge is 0.325 e. The van der Waals surface area contributed by atoms with Crippen molar-refractivity contribution in [2.45, 2.75) is 40.0 Å². The van der Waals surface area contributed by atoms with Crippen LogP contribution >= 0.6 is 0 Å². The van der Waals surface area contributed by atoms with Crippen LogP contribution in [0.4, 0.5) is 0 Å². The molecule has 2 aromatic heterocycles. The molecule has 8 nitrogen and oxygen atoms in total. The van der Waals surface area contributed by atoms with Gasteiger partial charge in [-0.05, 0) is 33.6 Å². The molecule has 0 saturated heterocycles. The molecule has 0 aromatic carbocycles. The first-order valence-electron chi connectivity index (χ1n) is 7.39. The van der Waals surface area contributed by atoms with Crippen LogP contribution in [0.1, 0.15) is 34.7 Å². The first-order valence-corrected chi connectivity index (χ1v) is 7.39. The summed E-state index contributed by atoms with van der Waals surface area (Å²) in [6.45, 7) is 5.83. The Labute approximate surface area is 132 Å². The highest BCUT2D eigenvalue weighted by Crippen LogP contribution is 2.13. The van der Waals surface area contributed by atoms with Gasteiger partial charge in [0.05, 0.1) is 12.1 Å². The fourth-order valence-electron chi connectivity index (χ4n) is 2.41. The van der Waals surface area contributed by atoms with Crippen LogP contribution in [-0.4, -0.2) is 27.6 Å². The molecule has 2 aromatic rings. The van der Waals surface area contributed by atoms with Gasteiger partial charge >= 0.3 is 5.69 Å². The molecule has 0 atom stereocenters. The number of hydrogen-bond acceptors (Lipinski definition) is 5. The Morgan fingerprint density at radius 2 is 1.91 bits per heavy atom. The van der Waals surface area contributed by atoms with Crippen LogP contribution in [0.15, 0.2) is 14.1 Å². The molecule has 2 heterocycles. The second-order valence-electron chi connectivity index (χ2n) is 5.44. The average Bonchev–Trinajstić information content (AvgIpc) is 2.78. The maximum Gasteiger partial charge on any atom is 0.325 e. The molecule has 0 bridgehead atoms. The molecule has 0 fully saturated rings. The lowest BCUT2D eigenvalue weighted by Gasteiger charge is -2.06. The number of aromatic nitrogens is 3. The predicted molar refractivity (Wildman–Crippen MR) is 83.4 cm³/mol. The van der Waals surface area contributed by atoms with E-state index in [1.165, 1.54) is 0 Å². The third-order valence-electron chi connectivity index (χ3n) is 3.70. The molecule has 0 aliphatic carbocycles. The highest BCUT2D eigenvalue weighted by molar-refractivity contribution is 5.78. The van der Waals surface area contributed by atoms with Crippen LogP contribution < -0.4 is 16.6 Å². The molecule has 2 rings (SSSR count). The van der Waals surface area contributed by atoms with Gasteiger partial charge in [0, 0.05) is 23.4 Å². The number of nitrogens with zero attached hydrogens (tertiary/aromatic N) is 1. The van der Waals surface area contributed by atoms with Crippen molar-refractivity contribution in [2.24, 2.45) is 0 Å². The molecule has 0 radical (unpaired) electrons. The van der Waals surface area contributed by atoms with Crippen LogP contribution in [0.25, 0.3) is 0 Å². The van der Waals surface area contributed by atoms with E-state index < -0.39 is 11.2 Å². The number of aromatic amines is 2. The summed E-state index contributed by atoms with van der Waals surface area (Å²) in [5.41, 5.74) is 1.50. The lowest BCUT2D eigenvalue weighted by molar-refractivity contribution is -0.120. The van der Waals surface area contributed by atoms with E-state index in [2.05, 4.69) is 20.4 Å². The Bertz CT molecular complexity index is 796. The summed E-state index contributed by atoms with van der Waals surface area (Å²) in [6, 6.07) is 0. The number of H-pyrrole nitrogens is 2. The van der Waals surface area contributed by atoms with Gasteiger partial charge in [-0.1, -0.05) is 5.16 Å². The molecule has 8 heteroatoms. The van der Waals surface area contributed by atoms with Crippen molar-refractivity contribution >= 4 is 5.91 Å². The molecule has 0 spiro atoms. The minimum atomic E-state index is -0.573. The zero-order valence-electron chi connectivity index (χ0n) is 13.4. The molecule has 0 aliphatic rings. The standard InChI is InChI=1S/C15H20N4O4/c1-8-12(14(21)18-15(22)17-8)7-13(20)16-6-4-5-11-9(2)19-23-10(11)3/h4-7H2,1-3H3,(H,16,20)(H2,17,18,21,22). The number of hydrogen-bond donors (Lipinski definition) is 3. The van der Waals surface area contributed by atoms with E-state index in [1.807, 2.05) is 13.8 Å². The Kier molecular flexibility index (Phi) is 5.15. The Morgan fingerprint density at radius 3 is 2.52 bits per heavy atom. The van der Waals surface area contributed by atoms with Crippen LogP contribution in [0.2, 0.25) is 0 Å². The molecule has 0 aliphatic heterocycles. The Hall–Kier alpha value is -2.64. The monoisotopic (exact) mass is 320 g/mol. The van der Waals surface area contributed by atoms with Crippen LogP contribution in [0, 0.1) is 20.8 Å². The first kappa shape index (κ1) is 16.7. The molecule has 1 amide bonds. The van der Waals surface area contributed by atoms with Gasteiger partial charge < -0.3 is 14.8 Å². The van der Waals surface area contributed by atoms with Gasteiger partial charge in [-0.25, -0.2) is 4.79 Å². The molecule has 3 N–H and O–H groups in total. The minimum absolute atomic E-state index is 0.0662. The summed E-state index contributed by atoms with van der Waals surface area (Å²) in [7, 11) is 0. The summed E-state index contributed by atoms with van der Waals surface area (Å²) in [5.74, 6) is 0.536. The van der Waals surface area contributed by atoms with E-state index in [9.17, 15) is 14.4 Å². The van der Waals surface area contributed by atoms with E-state index in [-0.39, 0.29) is 17.9 Å². The SMILES string of the molecule is Cc1noc(C)c1CCCNC(=O)Cc1c(C)[nH]c(=O)[nH]c1=O. The predicted octanol–water partition coefficient (Wildman–Crippen LogP) is 0.268. The Morgan fingerprint density at radius 1 is 1.17 bits per heavy atom. The third kappa shape index (κ3) is 4.18. The van der Waals surface area contributed by atoms with Gasteiger partial charge in [0.2, 0.25) is 5.91 Å². The van der Waals surface area contributed by atoms with Gasteiger partial charge in [0.25, 0.3) is 5.56 Å². The number of carbonyl (C=O) groups is 1. The number of carbonyl (C=O) groups excluding carboxylic acids is 1. The number of amides is 1. The zero-order valence-corrected chi connectivity index (χ0v) is 13.4. The van der Waals surface area contributed by atoms with E-state index >= 15 is 0 Å². The summed E-state index contributed by atoms with van der Waals surface area (Å²) >= 11 is 0.